The molecule has 1 heterocycles. The maximum absolute atomic E-state index is 12.0. The normalized spacial score (nSPS) is 12.1. The van der Waals surface area contributed by atoms with Gasteiger partial charge in [0, 0.05) is 9.35 Å². The lowest BCUT2D eigenvalue weighted by Gasteiger charge is -2.11. The van der Waals surface area contributed by atoms with Crippen molar-refractivity contribution in [3.63, 3.8) is 0 Å². The van der Waals surface area contributed by atoms with Crippen LogP contribution in [0.15, 0.2) is 46.3 Å². The fourth-order valence-electron chi connectivity index (χ4n) is 1.67. The maximum atomic E-state index is 12.0. The molecular formula is C14H14BrNOS2. The average molecular weight is 356 g/mol. The zero-order valence-corrected chi connectivity index (χ0v) is 13.5. The molecule has 0 radical (unpaired) electrons. The number of hydrogen-bond donors (Lipinski definition) is 2. The summed E-state index contributed by atoms with van der Waals surface area (Å²) in [6.45, 7) is 0.545. The quantitative estimate of drug-likeness (QED) is 0.787. The Kier molecular flexibility index (Phi) is 5.48. The molecule has 1 aromatic carbocycles. The van der Waals surface area contributed by atoms with Gasteiger partial charge in [0.1, 0.15) is 0 Å². The van der Waals surface area contributed by atoms with Gasteiger partial charge in [0.2, 0.25) is 5.91 Å². The fraction of sp³-hybridized carbons (Fsp3) is 0.214. The molecule has 0 saturated carbocycles. The van der Waals surface area contributed by atoms with E-state index in [1.807, 2.05) is 41.8 Å². The Labute approximate surface area is 130 Å². The van der Waals surface area contributed by atoms with E-state index < -0.39 is 0 Å². The lowest BCUT2D eigenvalue weighted by Crippen LogP contribution is -2.32. The lowest BCUT2D eigenvalue weighted by atomic mass is 10.1. The summed E-state index contributed by atoms with van der Waals surface area (Å²) < 4.78 is 1.04. The molecule has 2 rings (SSSR count). The number of benzene rings is 1. The highest BCUT2D eigenvalue weighted by atomic mass is 79.9. The number of carbonyl (C=O) groups excluding carboxylic acids is 1. The molecule has 0 saturated heterocycles. The molecule has 0 fully saturated rings. The Hall–Kier alpha value is -0.780. The molecule has 2 aromatic rings. The van der Waals surface area contributed by atoms with Crippen LogP contribution < -0.4 is 5.32 Å². The van der Waals surface area contributed by atoms with Crippen molar-refractivity contribution < 1.29 is 4.79 Å². The van der Waals surface area contributed by atoms with Crippen molar-refractivity contribution in [2.75, 3.05) is 0 Å². The third-order valence-electron chi connectivity index (χ3n) is 2.69. The van der Waals surface area contributed by atoms with E-state index in [1.165, 1.54) is 0 Å². The van der Waals surface area contributed by atoms with Gasteiger partial charge in [-0.25, -0.2) is 0 Å². The molecule has 0 aliphatic heterocycles. The first kappa shape index (κ1) is 14.6. The van der Waals surface area contributed by atoms with E-state index in [0.29, 0.717) is 13.0 Å². The first-order chi connectivity index (χ1) is 9.16. The van der Waals surface area contributed by atoms with Gasteiger partial charge in [-0.15, -0.1) is 11.3 Å². The number of hydrogen-bond acceptors (Lipinski definition) is 3. The molecule has 0 aliphatic rings. The van der Waals surface area contributed by atoms with Gasteiger partial charge in [-0.1, -0.05) is 30.3 Å². The van der Waals surface area contributed by atoms with E-state index in [2.05, 4.69) is 33.9 Å². The van der Waals surface area contributed by atoms with E-state index >= 15 is 0 Å². The Balaban J connectivity index is 1.84. The predicted molar refractivity (Wildman–Crippen MR) is 86.8 cm³/mol. The van der Waals surface area contributed by atoms with Crippen LogP contribution in [0.2, 0.25) is 0 Å². The minimum Gasteiger partial charge on any atom is -0.350 e. The molecule has 100 valence electrons. The van der Waals surface area contributed by atoms with E-state index in [9.17, 15) is 4.79 Å². The molecule has 19 heavy (non-hydrogen) atoms. The topological polar surface area (TPSA) is 29.1 Å². The van der Waals surface area contributed by atoms with Crippen molar-refractivity contribution in [2.45, 2.75) is 18.2 Å². The van der Waals surface area contributed by atoms with Gasteiger partial charge >= 0.3 is 0 Å². The molecule has 1 atom stereocenters. The Morgan fingerprint density at radius 2 is 2.05 bits per heavy atom. The molecule has 0 bridgehead atoms. The number of thiol groups is 1. The molecule has 5 heteroatoms. The number of rotatable bonds is 5. The Morgan fingerprint density at radius 3 is 2.68 bits per heavy atom. The van der Waals surface area contributed by atoms with Crippen molar-refractivity contribution in [1.29, 1.82) is 0 Å². The van der Waals surface area contributed by atoms with Crippen LogP contribution in [0, 0.1) is 0 Å². The third kappa shape index (κ3) is 4.37. The van der Waals surface area contributed by atoms with E-state index in [-0.39, 0.29) is 11.2 Å². The minimum absolute atomic E-state index is 0.0347. The van der Waals surface area contributed by atoms with Gasteiger partial charge in [-0.05, 0) is 39.4 Å². The highest BCUT2D eigenvalue weighted by Gasteiger charge is 2.14. The van der Waals surface area contributed by atoms with Crippen LogP contribution in [0.3, 0.4) is 0 Å². The molecular weight excluding hydrogens is 342 g/mol. The maximum Gasteiger partial charge on any atom is 0.233 e. The van der Waals surface area contributed by atoms with E-state index in [0.717, 1.165) is 14.9 Å². The second-order valence-corrected chi connectivity index (χ2v) is 6.59. The summed E-state index contributed by atoms with van der Waals surface area (Å²) >= 11 is 9.44. The predicted octanol–water partition coefficient (Wildman–Crippen LogP) is 3.67. The summed E-state index contributed by atoms with van der Waals surface area (Å²) in [6, 6.07) is 11.9. The summed E-state index contributed by atoms with van der Waals surface area (Å²) in [7, 11) is 0. The molecule has 1 amide bonds. The summed E-state index contributed by atoms with van der Waals surface area (Å²) in [5.41, 5.74) is 1.12. The summed E-state index contributed by atoms with van der Waals surface area (Å²) in [5, 5.41) is 4.59. The van der Waals surface area contributed by atoms with Gasteiger partial charge in [0.25, 0.3) is 0 Å². The van der Waals surface area contributed by atoms with Gasteiger partial charge in [0.05, 0.1) is 11.8 Å². The van der Waals surface area contributed by atoms with E-state index in [4.69, 9.17) is 0 Å². The van der Waals surface area contributed by atoms with Crippen molar-refractivity contribution in [3.05, 3.63) is 56.7 Å². The van der Waals surface area contributed by atoms with Gasteiger partial charge in [-0.3, -0.25) is 4.79 Å². The summed E-state index contributed by atoms with van der Waals surface area (Å²) in [6.07, 6.45) is 0.640. The highest BCUT2D eigenvalue weighted by molar-refractivity contribution is 9.10. The minimum atomic E-state index is -0.318. The van der Waals surface area contributed by atoms with Gasteiger partial charge < -0.3 is 5.32 Å². The zero-order valence-electron chi connectivity index (χ0n) is 10.2. The van der Waals surface area contributed by atoms with Crippen LogP contribution in [0.4, 0.5) is 0 Å². The van der Waals surface area contributed by atoms with Crippen molar-refractivity contribution >= 4 is 45.8 Å². The number of thiophene rings is 1. The second kappa shape index (κ2) is 7.12. The molecule has 1 N–H and O–H groups in total. The lowest BCUT2D eigenvalue weighted by molar-refractivity contribution is -0.120. The molecule has 2 nitrogen and oxygen atoms in total. The van der Waals surface area contributed by atoms with Crippen LogP contribution in [0.1, 0.15) is 10.4 Å². The Morgan fingerprint density at radius 1 is 1.32 bits per heavy atom. The van der Waals surface area contributed by atoms with Crippen LogP contribution in [-0.2, 0) is 17.8 Å². The standard InChI is InChI=1S/C14H14BrNOS2/c15-11-6-7-19-13(11)9-16-14(17)12(18)8-10-4-2-1-3-5-10/h1-7,12,18H,8-9H2,(H,16,17). The highest BCUT2D eigenvalue weighted by Crippen LogP contribution is 2.22. The number of amides is 1. The number of halogens is 1. The fourth-order valence-corrected chi connectivity index (χ4v) is 3.40. The molecule has 0 aliphatic carbocycles. The average Bonchev–Trinajstić information content (AvgIpc) is 2.82. The SMILES string of the molecule is O=C(NCc1sccc1Br)C(S)Cc1ccccc1. The van der Waals surface area contributed by atoms with Crippen LogP contribution in [0.5, 0.6) is 0 Å². The van der Waals surface area contributed by atoms with Gasteiger partial charge in [0.15, 0.2) is 0 Å². The smallest absolute Gasteiger partial charge is 0.233 e. The number of carbonyl (C=O) groups is 1. The van der Waals surface area contributed by atoms with Crippen molar-refractivity contribution in [3.8, 4) is 0 Å². The van der Waals surface area contributed by atoms with E-state index in [1.54, 1.807) is 11.3 Å². The first-order valence-corrected chi connectivity index (χ1v) is 8.07. The largest absolute Gasteiger partial charge is 0.350 e. The number of nitrogens with one attached hydrogen (secondary N) is 1. The molecule has 1 aromatic heterocycles. The third-order valence-corrected chi connectivity index (χ3v) is 5.03. The van der Waals surface area contributed by atoms with Crippen LogP contribution >= 0.6 is 39.9 Å². The molecule has 0 spiro atoms. The molecule has 1 unspecified atom stereocenters. The van der Waals surface area contributed by atoms with Crippen LogP contribution in [0.25, 0.3) is 0 Å². The van der Waals surface area contributed by atoms with Crippen LogP contribution in [-0.4, -0.2) is 11.2 Å². The van der Waals surface area contributed by atoms with Crippen molar-refractivity contribution in [2.24, 2.45) is 0 Å². The first-order valence-electron chi connectivity index (χ1n) is 5.88. The van der Waals surface area contributed by atoms with Gasteiger partial charge in [-0.2, -0.15) is 12.6 Å². The summed E-state index contributed by atoms with van der Waals surface area (Å²) in [5.74, 6) is -0.0347. The second-order valence-electron chi connectivity index (χ2n) is 4.12. The Bertz CT molecular complexity index is 541. The summed E-state index contributed by atoms with van der Waals surface area (Å²) in [4.78, 5) is 13.1. The van der Waals surface area contributed by atoms with Crippen molar-refractivity contribution in [1.82, 2.24) is 5.32 Å². The zero-order chi connectivity index (χ0) is 13.7. The monoisotopic (exact) mass is 355 g/mol.